The van der Waals surface area contributed by atoms with E-state index in [0.29, 0.717) is 5.56 Å². The van der Waals surface area contributed by atoms with Crippen molar-refractivity contribution in [2.45, 2.75) is 19.0 Å². The Morgan fingerprint density at radius 2 is 1.78 bits per heavy atom. The van der Waals surface area contributed by atoms with Crippen molar-refractivity contribution in [1.82, 2.24) is 10.2 Å². The van der Waals surface area contributed by atoms with Crippen molar-refractivity contribution in [2.24, 2.45) is 0 Å². The van der Waals surface area contributed by atoms with E-state index in [1.54, 1.807) is 7.11 Å². The topological polar surface area (TPSA) is 41.6 Å². The Balaban J connectivity index is 1.45. The van der Waals surface area contributed by atoms with E-state index in [4.69, 9.17) is 4.74 Å². The number of ether oxygens (including phenoxy) is 1. The van der Waals surface area contributed by atoms with Crippen molar-refractivity contribution in [3.8, 4) is 5.75 Å². The Morgan fingerprint density at radius 3 is 2.56 bits per heavy atom. The van der Waals surface area contributed by atoms with E-state index in [0.717, 1.165) is 42.6 Å². The molecule has 0 saturated carbocycles. The van der Waals surface area contributed by atoms with Crippen LogP contribution < -0.4 is 10.1 Å². The number of hydrogen-bond donors (Lipinski definition) is 1. The molecule has 1 fully saturated rings. The molecule has 4 rings (SSSR count). The summed E-state index contributed by atoms with van der Waals surface area (Å²) in [6, 6.07) is 22.3. The van der Waals surface area contributed by atoms with Crippen LogP contribution >= 0.6 is 0 Å². The number of fused-ring (bicyclic) bond motifs is 1. The van der Waals surface area contributed by atoms with E-state index >= 15 is 0 Å². The highest BCUT2D eigenvalue weighted by Gasteiger charge is 2.25. The van der Waals surface area contributed by atoms with Crippen LogP contribution in [0.2, 0.25) is 0 Å². The molecule has 4 nitrogen and oxygen atoms in total. The molecule has 1 amide bonds. The Bertz CT molecular complexity index is 940. The zero-order valence-electron chi connectivity index (χ0n) is 15.5. The smallest absolute Gasteiger partial charge is 0.252 e. The second-order valence-electron chi connectivity index (χ2n) is 7.04. The number of nitrogens with zero attached hydrogens (tertiary/aromatic N) is 1. The number of carbonyl (C=O) groups is 1. The standard InChI is InChI=1S/C23H24N2O2/c1-27-22-12-11-21(19-9-5-6-10-20(19)22)23(26)24-18-13-14-25(16-18)15-17-7-3-2-4-8-17/h2-12,18H,13-16H2,1H3,(H,24,26)/t18-/m1/s1. The Morgan fingerprint density at radius 1 is 1.04 bits per heavy atom. The number of likely N-dealkylation sites (tertiary alicyclic amines) is 1. The normalized spacial score (nSPS) is 17.1. The van der Waals surface area contributed by atoms with E-state index in [9.17, 15) is 4.79 Å². The average molecular weight is 360 g/mol. The lowest BCUT2D eigenvalue weighted by Gasteiger charge is -2.17. The van der Waals surface area contributed by atoms with Crippen LogP contribution in [0.25, 0.3) is 10.8 Å². The molecule has 1 atom stereocenters. The maximum absolute atomic E-state index is 12.9. The van der Waals surface area contributed by atoms with Crippen LogP contribution in [-0.4, -0.2) is 37.0 Å². The van der Waals surface area contributed by atoms with Gasteiger partial charge in [0.1, 0.15) is 5.75 Å². The number of methoxy groups -OCH3 is 1. The number of rotatable bonds is 5. The summed E-state index contributed by atoms with van der Waals surface area (Å²) in [7, 11) is 1.65. The van der Waals surface area contributed by atoms with Crippen LogP contribution in [0, 0.1) is 0 Å². The van der Waals surface area contributed by atoms with Gasteiger partial charge in [0.25, 0.3) is 5.91 Å². The maximum Gasteiger partial charge on any atom is 0.252 e. The van der Waals surface area contributed by atoms with Gasteiger partial charge in [-0.1, -0.05) is 54.6 Å². The Kier molecular flexibility index (Phi) is 5.07. The molecule has 1 aliphatic rings. The minimum atomic E-state index is -0.0135. The SMILES string of the molecule is COc1ccc(C(=O)N[C@@H]2CCN(Cc3ccccc3)C2)c2ccccc12. The van der Waals surface area contributed by atoms with E-state index in [1.165, 1.54) is 5.56 Å². The fourth-order valence-electron chi connectivity index (χ4n) is 3.85. The molecule has 1 saturated heterocycles. The third kappa shape index (κ3) is 3.81. The second kappa shape index (κ2) is 7.80. The van der Waals surface area contributed by atoms with Crippen LogP contribution in [0.3, 0.4) is 0 Å². The summed E-state index contributed by atoms with van der Waals surface area (Å²) in [5.74, 6) is 0.775. The third-order valence-corrected chi connectivity index (χ3v) is 5.21. The molecule has 0 unspecified atom stereocenters. The summed E-state index contributed by atoms with van der Waals surface area (Å²) in [6.45, 7) is 2.82. The summed E-state index contributed by atoms with van der Waals surface area (Å²) in [6.07, 6.45) is 0.979. The van der Waals surface area contributed by atoms with Gasteiger partial charge in [-0.25, -0.2) is 0 Å². The monoisotopic (exact) mass is 360 g/mol. The lowest BCUT2D eigenvalue weighted by Crippen LogP contribution is -2.37. The molecule has 0 bridgehead atoms. The summed E-state index contributed by atoms with van der Waals surface area (Å²) >= 11 is 0. The predicted octanol–water partition coefficient (Wildman–Crippen LogP) is 3.85. The number of amides is 1. The van der Waals surface area contributed by atoms with Gasteiger partial charge < -0.3 is 10.1 Å². The molecule has 1 N–H and O–H groups in total. The first-order chi connectivity index (χ1) is 13.2. The molecule has 138 valence electrons. The van der Waals surface area contributed by atoms with E-state index in [1.807, 2.05) is 42.5 Å². The molecule has 0 spiro atoms. The molecule has 27 heavy (non-hydrogen) atoms. The van der Waals surface area contributed by atoms with Crippen molar-refractivity contribution in [3.05, 3.63) is 77.9 Å². The Labute approximate surface area is 159 Å². The summed E-state index contributed by atoms with van der Waals surface area (Å²) < 4.78 is 5.43. The molecule has 3 aromatic carbocycles. The minimum absolute atomic E-state index is 0.0135. The number of nitrogens with one attached hydrogen (secondary N) is 1. The van der Waals surface area contributed by atoms with Crippen molar-refractivity contribution in [1.29, 1.82) is 0 Å². The van der Waals surface area contributed by atoms with Crippen LogP contribution in [0.4, 0.5) is 0 Å². The highest BCUT2D eigenvalue weighted by atomic mass is 16.5. The lowest BCUT2D eigenvalue weighted by molar-refractivity contribution is 0.0939. The molecule has 0 aromatic heterocycles. The molecule has 1 aliphatic heterocycles. The first-order valence-corrected chi connectivity index (χ1v) is 9.37. The predicted molar refractivity (Wildman–Crippen MR) is 108 cm³/mol. The highest BCUT2D eigenvalue weighted by molar-refractivity contribution is 6.08. The first-order valence-electron chi connectivity index (χ1n) is 9.37. The largest absolute Gasteiger partial charge is 0.496 e. The molecular formula is C23H24N2O2. The van der Waals surface area contributed by atoms with Gasteiger partial charge in [-0.05, 0) is 29.5 Å². The van der Waals surface area contributed by atoms with Gasteiger partial charge >= 0.3 is 0 Å². The van der Waals surface area contributed by atoms with Crippen molar-refractivity contribution >= 4 is 16.7 Å². The fourth-order valence-corrected chi connectivity index (χ4v) is 3.85. The molecule has 0 radical (unpaired) electrons. The molecule has 0 aliphatic carbocycles. The highest BCUT2D eigenvalue weighted by Crippen LogP contribution is 2.28. The van der Waals surface area contributed by atoms with Crippen LogP contribution in [-0.2, 0) is 6.54 Å². The average Bonchev–Trinajstić information content (AvgIpc) is 3.14. The quantitative estimate of drug-likeness (QED) is 0.751. The van der Waals surface area contributed by atoms with Crippen LogP contribution in [0.1, 0.15) is 22.3 Å². The zero-order valence-corrected chi connectivity index (χ0v) is 15.5. The number of benzene rings is 3. The zero-order chi connectivity index (χ0) is 18.6. The van der Waals surface area contributed by atoms with Crippen LogP contribution in [0.15, 0.2) is 66.7 Å². The van der Waals surface area contributed by atoms with Gasteiger partial charge in [-0.15, -0.1) is 0 Å². The van der Waals surface area contributed by atoms with E-state index in [2.05, 4.69) is 34.5 Å². The minimum Gasteiger partial charge on any atom is -0.496 e. The molecule has 4 heteroatoms. The van der Waals surface area contributed by atoms with Gasteiger partial charge in [0, 0.05) is 36.6 Å². The summed E-state index contributed by atoms with van der Waals surface area (Å²) in [5.41, 5.74) is 2.01. The number of carbonyl (C=O) groups excluding carboxylic acids is 1. The van der Waals surface area contributed by atoms with E-state index in [-0.39, 0.29) is 11.9 Å². The first kappa shape index (κ1) is 17.6. The molecule has 1 heterocycles. The van der Waals surface area contributed by atoms with Crippen molar-refractivity contribution < 1.29 is 9.53 Å². The van der Waals surface area contributed by atoms with Gasteiger partial charge in [-0.2, -0.15) is 0 Å². The van der Waals surface area contributed by atoms with Gasteiger partial charge in [0.05, 0.1) is 7.11 Å². The molecular weight excluding hydrogens is 336 g/mol. The van der Waals surface area contributed by atoms with Gasteiger partial charge in [-0.3, -0.25) is 9.69 Å². The lowest BCUT2D eigenvalue weighted by atomic mass is 10.0. The van der Waals surface area contributed by atoms with Crippen molar-refractivity contribution in [3.63, 3.8) is 0 Å². The van der Waals surface area contributed by atoms with E-state index < -0.39 is 0 Å². The summed E-state index contributed by atoms with van der Waals surface area (Å²) in [5, 5.41) is 5.11. The molecule has 3 aromatic rings. The van der Waals surface area contributed by atoms with Crippen LogP contribution in [0.5, 0.6) is 5.75 Å². The third-order valence-electron chi connectivity index (χ3n) is 5.21. The summed E-state index contributed by atoms with van der Waals surface area (Å²) in [4.78, 5) is 15.3. The Hall–Kier alpha value is -2.85. The van der Waals surface area contributed by atoms with Crippen molar-refractivity contribution in [2.75, 3.05) is 20.2 Å². The van der Waals surface area contributed by atoms with Gasteiger partial charge in [0.2, 0.25) is 0 Å². The second-order valence-corrected chi connectivity index (χ2v) is 7.04. The number of hydrogen-bond acceptors (Lipinski definition) is 3. The maximum atomic E-state index is 12.9. The fraction of sp³-hybridized carbons (Fsp3) is 0.261. The van der Waals surface area contributed by atoms with Gasteiger partial charge in [0.15, 0.2) is 0 Å².